The fourth-order valence-electron chi connectivity index (χ4n) is 8.84. The third kappa shape index (κ3) is 5.13. The van der Waals surface area contributed by atoms with Crippen molar-refractivity contribution in [3.8, 4) is 23.2 Å². The third-order valence-corrected chi connectivity index (χ3v) is 12.2. The zero-order chi connectivity index (χ0) is 34.4. The predicted octanol–water partition coefficient (Wildman–Crippen LogP) is 7.73. The summed E-state index contributed by atoms with van der Waals surface area (Å²) in [4.78, 5) is 16.1. The Morgan fingerprint density at radius 2 is 1.96 bits per heavy atom. The van der Waals surface area contributed by atoms with E-state index in [1.54, 1.807) is 6.07 Å². The maximum atomic E-state index is 17.1. The Morgan fingerprint density at radius 3 is 2.65 bits per heavy atom. The molecule has 3 atom stereocenters. The largest absolute Gasteiger partial charge is 0.461 e. The molecule has 4 aliphatic rings. The van der Waals surface area contributed by atoms with E-state index < -0.39 is 23.3 Å². The van der Waals surface area contributed by atoms with Gasteiger partial charge in [0.1, 0.15) is 34.8 Å². The van der Waals surface area contributed by atoms with E-state index >= 15 is 4.39 Å². The average molecular weight is 712 g/mol. The quantitative estimate of drug-likeness (QED) is 0.203. The second-order valence-electron chi connectivity index (χ2n) is 13.9. The van der Waals surface area contributed by atoms with Crippen LogP contribution in [-0.4, -0.2) is 76.2 Å². The summed E-state index contributed by atoms with van der Waals surface area (Å²) in [6, 6.07) is 7.15. The van der Waals surface area contributed by atoms with Gasteiger partial charge in [-0.15, -0.1) is 11.3 Å². The Bertz CT molecular complexity index is 2080. The number of hydrogen-bond donors (Lipinski definition) is 1. The Balaban J connectivity index is 1.27. The normalized spacial score (nSPS) is 24.1. The Morgan fingerprint density at radius 1 is 1.20 bits per heavy atom. The summed E-state index contributed by atoms with van der Waals surface area (Å²) in [5.74, 6) is -0.868. The molecule has 2 N–H and O–H groups in total. The average Bonchev–Trinajstić information content (AvgIpc) is 3.79. The van der Waals surface area contributed by atoms with Crippen molar-refractivity contribution in [2.75, 3.05) is 43.4 Å². The maximum Gasteiger partial charge on any atom is 0.319 e. The van der Waals surface area contributed by atoms with Gasteiger partial charge in [-0.05, 0) is 70.2 Å². The van der Waals surface area contributed by atoms with Gasteiger partial charge in [-0.1, -0.05) is 17.7 Å². The lowest BCUT2D eigenvalue weighted by atomic mass is 9.94. The van der Waals surface area contributed by atoms with E-state index in [0.717, 1.165) is 30.6 Å². The second kappa shape index (κ2) is 12.0. The lowest BCUT2D eigenvalue weighted by Gasteiger charge is -2.44. The van der Waals surface area contributed by atoms with Gasteiger partial charge in [0.15, 0.2) is 5.82 Å². The van der Waals surface area contributed by atoms with E-state index in [1.807, 2.05) is 11.0 Å². The summed E-state index contributed by atoms with van der Waals surface area (Å²) in [5.41, 5.74) is 5.76. The van der Waals surface area contributed by atoms with E-state index in [4.69, 9.17) is 27.1 Å². The van der Waals surface area contributed by atoms with Crippen molar-refractivity contribution in [3.63, 3.8) is 0 Å². The smallest absolute Gasteiger partial charge is 0.319 e. The molecule has 4 fully saturated rings. The van der Waals surface area contributed by atoms with Crippen molar-refractivity contribution in [1.29, 1.82) is 5.26 Å². The highest BCUT2D eigenvalue weighted by atomic mass is 35.5. The molecule has 6 heterocycles. The zero-order valence-electron chi connectivity index (χ0n) is 27.0. The molecule has 0 spiro atoms. The summed E-state index contributed by atoms with van der Waals surface area (Å²) >= 11 is 7.81. The SMILES string of the molecule is CC(C)N1C2CCC1CN(c1nc(OCC34CCCN3CC(=C(F)F)C4)nc3c(F)c(-c4ccc(F)c5sc(N)c(C#N)c45)c(Cl)cc13)C2. The van der Waals surface area contributed by atoms with E-state index in [2.05, 4.69) is 28.6 Å². The molecule has 2 aromatic carbocycles. The molecule has 2 bridgehead atoms. The number of fused-ring (bicyclic) bond motifs is 5. The van der Waals surface area contributed by atoms with Crippen LogP contribution in [0.4, 0.5) is 28.4 Å². The molecule has 4 aromatic rings. The van der Waals surface area contributed by atoms with Crippen LogP contribution in [0.2, 0.25) is 5.02 Å². The molecule has 8 rings (SSSR count). The molecule has 0 aliphatic carbocycles. The first kappa shape index (κ1) is 32.5. The molecule has 8 nitrogen and oxygen atoms in total. The van der Waals surface area contributed by atoms with E-state index in [-0.39, 0.29) is 73.5 Å². The van der Waals surface area contributed by atoms with Crippen LogP contribution in [0.1, 0.15) is 51.5 Å². The second-order valence-corrected chi connectivity index (χ2v) is 15.4. The lowest BCUT2D eigenvalue weighted by Crippen LogP contribution is -2.56. The maximum absolute atomic E-state index is 17.1. The third-order valence-electron chi connectivity index (χ3n) is 10.9. The highest BCUT2D eigenvalue weighted by Gasteiger charge is 2.48. The van der Waals surface area contributed by atoms with Crippen molar-refractivity contribution in [2.24, 2.45) is 0 Å². The van der Waals surface area contributed by atoms with Crippen molar-refractivity contribution in [2.45, 2.75) is 69.6 Å². The van der Waals surface area contributed by atoms with Gasteiger partial charge in [0.05, 0.1) is 20.8 Å². The van der Waals surface area contributed by atoms with Crippen LogP contribution in [0.15, 0.2) is 29.9 Å². The molecular formula is C35H34ClF4N7OS. The molecule has 0 radical (unpaired) electrons. The number of thiophene rings is 1. The van der Waals surface area contributed by atoms with Gasteiger partial charge in [-0.3, -0.25) is 9.80 Å². The number of anilines is 2. The van der Waals surface area contributed by atoms with E-state index in [0.29, 0.717) is 55.4 Å². The predicted molar refractivity (Wildman–Crippen MR) is 183 cm³/mol. The van der Waals surface area contributed by atoms with Crippen molar-refractivity contribution in [3.05, 3.63) is 52.1 Å². The van der Waals surface area contributed by atoms with Crippen LogP contribution in [0, 0.1) is 23.0 Å². The molecule has 0 saturated carbocycles. The molecule has 4 aliphatic heterocycles. The minimum Gasteiger partial charge on any atom is -0.461 e. The number of aromatic nitrogens is 2. The van der Waals surface area contributed by atoms with Gasteiger partial charge in [-0.25, -0.2) is 8.78 Å². The first-order valence-electron chi connectivity index (χ1n) is 16.5. The van der Waals surface area contributed by atoms with Crippen molar-refractivity contribution >= 4 is 54.7 Å². The van der Waals surface area contributed by atoms with Gasteiger partial charge in [-0.2, -0.15) is 24.0 Å². The number of benzene rings is 2. The number of nitrogens with zero attached hydrogens (tertiary/aromatic N) is 6. The Labute approximate surface area is 289 Å². The van der Waals surface area contributed by atoms with Gasteiger partial charge in [0.2, 0.25) is 0 Å². The molecule has 256 valence electrons. The number of hydrogen-bond acceptors (Lipinski definition) is 9. The summed E-state index contributed by atoms with van der Waals surface area (Å²) in [5, 5.41) is 10.6. The summed E-state index contributed by atoms with van der Waals surface area (Å²) in [6.07, 6.45) is 2.16. The Hall–Kier alpha value is -3.70. The summed E-state index contributed by atoms with van der Waals surface area (Å²) in [7, 11) is 0. The van der Waals surface area contributed by atoms with Crippen molar-refractivity contribution in [1.82, 2.24) is 19.8 Å². The molecular weight excluding hydrogens is 678 g/mol. The Kier molecular flexibility index (Phi) is 7.94. The minimum atomic E-state index is -1.65. The van der Waals surface area contributed by atoms with Gasteiger partial charge >= 0.3 is 6.01 Å². The lowest BCUT2D eigenvalue weighted by molar-refractivity contribution is 0.107. The van der Waals surface area contributed by atoms with Crippen LogP contribution in [-0.2, 0) is 0 Å². The molecule has 3 unspecified atom stereocenters. The monoisotopic (exact) mass is 711 g/mol. The fraction of sp³-hybridized carbons (Fsp3) is 0.457. The number of nitrogens with two attached hydrogens (primary N) is 1. The number of nitrogen functional groups attached to an aromatic ring is 1. The zero-order valence-corrected chi connectivity index (χ0v) is 28.6. The number of ether oxygens (including phenoxy) is 1. The van der Waals surface area contributed by atoms with E-state index in [9.17, 15) is 18.4 Å². The molecule has 14 heteroatoms. The van der Waals surface area contributed by atoms with Gasteiger partial charge in [0, 0.05) is 59.7 Å². The fourth-order valence-corrected chi connectivity index (χ4v) is 10.1. The summed E-state index contributed by atoms with van der Waals surface area (Å²) in [6.45, 7) is 6.67. The number of nitriles is 1. The number of piperazine rings is 1. The first-order chi connectivity index (χ1) is 23.5. The number of rotatable bonds is 6. The topological polar surface area (TPSA) is 94.5 Å². The molecule has 0 amide bonds. The van der Waals surface area contributed by atoms with Crippen LogP contribution in [0.5, 0.6) is 6.01 Å². The first-order valence-corrected chi connectivity index (χ1v) is 17.7. The van der Waals surface area contributed by atoms with Crippen LogP contribution >= 0.6 is 22.9 Å². The molecule has 49 heavy (non-hydrogen) atoms. The summed E-state index contributed by atoms with van der Waals surface area (Å²) < 4.78 is 65.7. The standard InChI is InChI=1S/C35H34ClF4N7OS/c1-17(2)47-19-4-5-20(47)15-45(14-19)33-22-10-24(36)27(21-6-7-25(37)30-26(21)23(12-41)32(42)49-30)28(38)29(22)43-34(44-33)48-16-35-8-3-9-46(35)13-18(11-35)31(39)40/h6-7,10,17,19-20H,3-5,8-9,11,13-16,42H2,1-2H3. The van der Waals surface area contributed by atoms with E-state index in [1.165, 1.54) is 12.1 Å². The highest BCUT2D eigenvalue weighted by Crippen LogP contribution is 2.47. The minimum absolute atomic E-state index is 0.0418. The molecule has 2 aromatic heterocycles. The van der Waals surface area contributed by atoms with Crippen LogP contribution in [0.25, 0.3) is 32.1 Å². The van der Waals surface area contributed by atoms with Crippen LogP contribution in [0.3, 0.4) is 0 Å². The number of halogens is 5. The van der Waals surface area contributed by atoms with Crippen LogP contribution < -0.4 is 15.4 Å². The van der Waals surface area contributed by atoms with Gasteiger partial charge < -0.3 is 15.4 Å². The van der Waals surface area contributed by atoms with Crippen molar-refractivity contribution < 1.29 is 22.3 Å². The molecule has 4 saturated heterocycles. The van der Waals surface area contributed by atoms with Gasteiger partial charge in [0.25, 0.3) is 6.08 Å². The highest BCUT2D eigenvalue weighted by molar-refractivity contribution is 7.23.